The maximum Gasteiger partial charge on any atom is 0.246 e. The second-order valence-corrected chi connectivity index (χ2v) is 5.14. The molecule has 0 spiro atoms. The lowest BCUT2D eigenvalue weighted by molar-refractivity contribution is -0.116. The van der Waals surface area contributed by atoms with E-state index in [1.54, 1.807) is 16.8 Å². The fraction of sp³-hybridized carbons (Fsp3) is 0.286. The number of hydrogen-bond donors (Lipinski definition) is 2. The molecule has 0 atom stereocenters. The van der Waals surface area contributed by atoms with Gasteiger partial charge in [0, 0.05) is 11.4 Å². The minimum Gasteiger partial charge on any atom is -0.399 e. The molecule has 5 nitrogen and oxygen atoms in total. The molecule has 0 radical (unpaired) electrons. The van der Waals surface area contributed by atoms with Crippen LogP contribution in [0, 0.1) is 20.8 Å². The molecular weight excluding hydrogens is 276 g/mol. The highest BCUT2D eigenvalue weighted by atomic mass is 35.5. The molecule has 20 heavy (non-hydrogen) atoms. The lowest BCUT2D eigenvalue weighted by Crippen LogP contribution is -2.20. The van der Waals surface area contributed by atoms with Crippen molar-refractivity contribution in [2.24, 2.45) is 0 Å². The predicted molar refractivity (Wildman–Crippen MR) is 80.9 cm³/mol. The minimum absolute atomic E-state index is 0.128. The van der Waals surface area contributed by atoms with Gasteiger partial charge in [0.15, 0.2) is 0 Å². The smallest absolute Gasteiger partial charge is 0.246 e. The van der Waals surface area contributed by atoms with Crippen LogP contribution in [-0.4, -0.2) is 15.7 Å². The number of carbonyl (C=O) groups excluding carboxylic acids is 1. The second kappa shape index (κ2) is 5.54. The first-order chi connectivity index (χ1) is 9.38. The van der Waals surface area contributed by atoms with E-state index in [1.807, 2.05) is 26.8 Å². The molecule has 0 aliphatic rings. The number of hydrogen-bond acceptors (Lipinski definition) is 3. The molecule has 1 aromatic carbocycles. The number of anilines is 2. The summed E-state index contributed by atoms with van der Waals surface area (Å²) < 4.78 is 1.60. The van der Waals surface area contributed by atoms with E-state index < -0.39 is 0 Å². The normalized spacial score (nSPS) is 10.6. The van der Waals surface area contributed by atoms with Crippen LogP contribution >= 0.6 is 11.6 Å². The molecule has 6 heteroatoms. The molecule has 1 heterocycles. The molecule has 0 fully saturated rings. The lowest BCUT2D eigenvalue weighted by Gasteiger charge is -2.10. The van der Waals surface area contributed by atoms with E-state index in [1.165, 1.54) is 0 Å². The molecule has 0 saturated carbocycles. The molecule has 1 aromatic heterocycles. The number of nitrogens with one attached hydrogen (secondary N) is 1. The molecule has 106 valence electrons. The zero-order valence-corrected chi connectivity index (χ0v) is 12.5. The Hall–Kier alpha value is -2.01. The highest BCUT2D eigenvalue weighted by molar-refractivity contribution is 6.31. The van der Waals surface area contributed by atoms with E-state index in [-0.39, 0.29) is 12.5 Å². The van der Waals surface area contributed by atoms with Gasteiger partial charge in [0.1, 0.15) is 6.54 Å². The molecule has 3 N–H and O–H groups in total. The Morgan fingerprint density at radius 3 is 2.65 bits per heavy atom. The first-order valence-corrected chi connectivity index (χ1v) is 6.61. The van der Waals surface area contributed by atoms with Gasteiger partial charge in [-0.3, -0.25) is 9.48 Å². The van der Waals surface area contributed by atoms with Crippen molar-refractivity contribution in [2.75, 3.05) is 11.1 Å². The van der Waals surface area contributed by atoms with Gasteiger partial charge in [-0.05, 0) is 44.5 Å². The van der Waals surface area contributed by atoms with Gasteiger partial charge in [-0.2, -0.15) is 5.10 Å². The third-order valence-electron chi connectivity index (χ3n) is 3.11. The van der Waals surface area contributed by atoms with Gasteiger partial charge >= 0.3 is 0 Å². The monoisotopic (exact) mass is 292 g/mol. The summed E-state index contributed by atoms with van der Waals surface area (Å²) in [7, 11) is 0. The fourth-order valence-electron chi connectivity index (χ4n) is 1.98. The zero-order valence-electron chi connectivity index (χ0n) is 11.7. The van der Waals surface area contributed by atoms with E-state index in [9.17, 15) is 4.79 Å². The van der Waals surface area contributed by atoms with E-state index in [4.69, 9.17) is 17.3 Å². The quantitative estimate of drug-likeness (QED) is 0.854. The topological polar surface area (TPSA) is 72.9 Å². The van der Waals surface area contributed by atoms with Gasteiger partial charge in [-0.25, -0.2) is 0 Å². The highest BCUT2D eigenvalue weighted by Crippen LogP contribution is 2.20. The van der Waals surface area contributed by atoms with Crippen LogP contribution < -0.4 is 11.1 Å². The van der Waals surface area contributed by atoms with Crippen molar-refractivity contribution in [1.82, 2.24) is 9.78 Å². The molecule has 0 aliphatic carbocycles. The molecule has 2 rings (SSSR count). The Labute approximate surface area is 122 Å². The third kappa shape index (κ3) is 2.93. The zero-order chi connectivity index (χ0) is 14.9. The average molecular weight is 293 g/mol. The van der Waals surface area contributed by atoms with E-state index in [0.29, 0.717) is 10.7 Å². The summed E-state index contributed by atoms with van der Waals surface area (Å²) in [6.07, 6.45) is 0. The SMILES string of the molecule is Cc1cc(N)ccc1NC(=O)Cn1nc(C)c(Cl)c1C. The Balaban J connectivity index is 2.11. The van der Waals surface area contributed by atoms with E-state index in [2.05, 4.69) is 10.4 Å². The molecule has 1 amide bonds. The van der Waals surface area contributed by atoms with Gasteiger partial charge in [-0.15, -0.1) is 0 Å². The lowest BCUT2D eigenvalue weighted by atomic mass is 10.2. The van der Waals surface area contributed by atoms with Gasteiger partial charge < -0.3 is 11.1 Å². The van der Waals surface area contributed by atoms with Crippen LogP contribution in [0.2, 0.25) is 5.02 Å². The van der Waals surface area contributed by atoms with E-state index >= 15 is 0 Å². The summed E-state index contributed by atoms with van der Waals surface area (Å²) in [4.78, 5) is 12.0. The number of carbonyl (C=O) groups is 1. The van der Waals surface area contributed by atoms with Gasteiger partial charge in [0.05, 0.1) is 16.4 Å². The molecular formula is C14H17ClN4O. The van der Waals surface area contributed by atoms with Crippen molar-refractivity contribution in [2.45, 2.75) is 27.3 Å². The van der Waals surface area contributed by atoms with Crippen LogP contribution in [0.4, 0.5) is 11.4 Å². The fourth-order valence-corrected chi connectivity index (χ4v) is 2.12. The highest BCUT2D eigenvalue weighted by Gasteiger charge is 2.12. The second-order valence-electron chi connectivity index (χ2n) is 4.76. The summed E-state index contributed by atoms with van der Waals surface area (Å²) in [5, 5.41) is 7.67. The standard InChI is InChI=1S/C14H17ClN4O/c1-8-6-11(16)4-5-12(8)17-13(20)7-19-10(3)14(15)9(2)18-19/h4-6H,7,16H2,1-3H3,(H,17,20). The van der Waals surface area contributed by atoms with Crippen molar-refractivity contribution < 1.29 is 4.79 Å². The maximum atomic E-state index is 12.0. The number of nitrogen functional groups attached to an aromatic ring is 1. The van der Waals surface area contributed by atoms with Crippen molar-refractivity contribution >= 4 is 28.9 Å². The first-order valence-electron chi connectivity index (χ1n) is 6.24. The number of rotatable bonds is 3. The minimum atomic E-state index is -0.153. The number of aromatic nitrogens is 2. The molecule has 0 saturated heterocycles. The summed E-state index contributed by atoms with van der Waals surface area (Å²) in [6.45, 7) is 5.67. The Morgan fingerprint density at radius 2 is 2.10 bits per heavy atom. The van der Waals surface area contributed by atoms with Crippen LogP contribution in [0.5, 0.6) is 0 Å². The van der Waals surface area contributed by atoms with Crippen LogP contribution in [0.15, 0.2) is 18.2 Å². The molecule has 0 unspecified atom stereocenters. The number of nitrogens with zero attached hydrogens (tertiary/aromatic N) is 2. The molecule has 2 aromatic rings. The Morgan fingerprint density at radius 1 is 1.40 bits per heavy atom. The van der Waals surface area contributed by atoms with Gasteiger partial charge in [0.25, 0.3) is 0 Å². The summed E-state index contributed by atoms with van der Waals surface area (Å²) in [5.74, 6) is -0.153. The van der Waals surface area contributed by atoms with Crippen LogP contribution in [0.25, 0.3) is 0 Å². The van der Waals surface area contributed by atoms with Crippen molar-refractivity contribution in [3.63, 3.8) is 0 Å². The van der Waals surface area contributed by atoms with Crippen molar-refractivity contribution in [3.8, 4) is 0 Å². The van der Waals surface area contributed by atoms with Crippen molar-refractivity contribution in [1.29, 1.82) is 0 Å². The van der Waals surface area contributed by atoms with Crippen molar-refractivity contribution in [3.05, 3.63) is 40.2 Å². The Kier molecular flexibility index (Phi) is 3.99. The average Bonchev–Trinajstić information content (AvgIpc) is 2.61. The molecule has 0 bridgehead atoms. The van der Waals surface area contributed by atoms with Crippen LogP contribution in [-0.2, 0) is 11.3 Å². The van der Waals surface area contributed by atoms with Crippen LogP contribution in [0.3, 0.4) is 0 Å². The number of nitrogens with two attached hydrogens (primary N) is 1. The number of aryl methyl sites for hydroxylation is 2. The molecule has 0 aliphatic heterocycles. The summed E-state index contributed by atoms with van der Waals surface area (Å²) in [6, 6.07) is 5.36. The van der Waals surface area contributed by atoms with Gasteiger partial charge in [0.2, 0.25) is 5.91 Å². The van der Waals surface area contributed by atoms with Gasteiger partial charge in [-0.1, -0.05) is 11.6 Å². The van der Waals surface area contributed by atoms with E-state index in [0.717, 1.165) is 22.6 Å². The third-order valence-corrected chi connectivity index (χ3v) is 3.66. The largest absolute Gasteiger partial charge is 0.399 e. The van der Waals surface area contributed by atoms with Crippen LogP contribution in [0.1, 0.15) is 17.0 Å². The first kappa shape index (κ1) is 14.4. The summed E-state index contributed by atoms with van der Waals surface area (Å²) in [5.41, 5.74) is 9.53. The predicted octanol–water partition coefficient (Wildman–Crippen LogP) is 2.68. The Bertz CT molecular complexity index is 663. The number of halogens is 1. The number of benzene rings is 1. The number of amides is 1. The maximum absolute atomic E-state index is 12.0. The summed E-state index contributed by atoms with van der Waals surface area (Å²) >= 11 is 6.06.